The van der Waals surface area contributed by atoms with Gasteiger partial charge in [0.2, 0.25) is 0 Å². The molecule has 33 heavy (non-hydrogen) atoms. The molecular formula is C23H23FN6O3. The topological polar surface area (TPSA) is 108 Å². The Bertz CT molecular complexity index is 1330. The summed E-state index contributed by atoms with van der Waals surface area (Å²) in [4.78, 5) is 28.7. The fraction of sp³-hybridized carbons (Fsp3) is 0.304. The number of benzene rings is 1. The maximum absolute atomic E-state index is 13.6. The summed E-state index contributed by atoms with van der Waals surface area (Å²) in [6.45, 7) is 3.74. The van der Waals surface area contributed by atoms with Crippen molar-refractivity contribution in [2.45, 2.75) is 6.10 Å². The number of piperazine rings is 1. The van der Waals surface area contributed by atoms with E-state index in [2.05, 4.69) is 30.1 Å². The van der Waals surface area contributed by atoms with Gasteiger partial charge in [-0.3, -0.25) is 9.88 Å². The lowest BCUT2D eigenvalue weighted by Gasteiger charge is -2.36. The van der Waals surface area contributed by atoms with Gasteiger partial charge in [-0.1, -0.05) is 0 Å². The number of pyridine rings is 2. The molecule has 4 heterocycles. The molecule has 0 aliphatic carbocycles. The van der Waals surface area contributed by atoms with Gasteiger partial charge in [0.05, 0.1) is 11.5 Å². The van der Waals surface area contributed by atoms with E-state index in [9.17, 15) is 14.3 Å². The molecule has 0 spiro atoms. The van der Waals surface area contributed by atoms with Crippen LogP contribution in [0.5, 0.6) is 0 Å². The second kappa shape index (κ2) is 9.08. The SMILES string of the molecule is O=c1nc(NCC(O)CN2CCN(c3nccc4ccncc34)CC2)c2cc(F)ccc2o1. The van der Waals surface area contributed by atoms with Gasteiger partial charge in [-0.2, -0.15) is 4.98 Å². The van der Waals surface area contributed by atoms with E-state index >= 15 is 0 Å². The number of β-amino-alcohol motifs (C(OH)–C–C–N with tert-alkyl or cyclic N) is 1. The van der Waals surface area contributed by atoms with Crippen molar-refractivity contribution in [1.82, 2.24) is 19.9 Å². The quantitative estimate of drug-likeness (QED) is 0.455. The molecule has 10 heteroatoms. The zero-order chi connectivity index (χ0) is 22.8. The van der Waals surface area contributed by atoms with Crippen LogP contribution in [0.25, 0.3) is 21.7 Å². The van der Waals surface area contributed by atoms with Crippen LogP contribution in [-0.2, 0) is 0 Å². The van der Waals surface area contributed by atoms with Crippen molar-refractivity contribution >= 4 is 33.4 Å². The third kappa shape index (κ3) is 4.62. The highest BCUT2D eigenvalue weighted by Gasteiger charge is 2.21. The molecule has 1 aliphatic heterocycles. The number of hydrogen-bond donors (Lipinski definition) is 2. The summed E-state index contributed by atoms with van der Waals surface area (Å²) in [5.74, 6) is -0.119. The normalized spacial score (nSPS) is 15.8. The van der Waals surface area contributed by atoms with E-state index in [1.807, 2.05) is 24.5 Å². The van der Waals surface area contributed by atoms with E-state index in [1.54, 1.807) is 6.20 Å². The van der Waals surface area contributed by atoms with E-state index in [1.165, 1.54) is 18.2 Å². The van der Waals surface area contributed by atoms with Gasteiger partial charge in [-0.25, -0.2) is 14.2 Å². The predicted molar refractivity (Wildman–Crippen MR) is 123 cm³/mol. The molecule has 9 nitrogen and oxygen atoms in total. The van der Waals surface area contributed by atoms with Crippen LogP contribution in [0.3, 0.4) is 0 Å². The van der Waals surface area contributed by atoms with E-state index in [0.29, 0.717) is 11.9 Å². The molecule has 5 rings (SSSR count). The number of hydrogen-bond acceptors (Lipinski definition) is 9. The maximum Gasteiger partial charge on any atom is 0.441 e. The van der Waals surface area contributed by atoms with E-state index in [-0.39, 0.29) is 17.9 Å². The lowest BCUT2D eigenvalue weighted by atomic mass is 10.2. The van der Waals surface area contributed by atoms with Crippen molar-refractivity contribution in [3.8, 4) is 0 Å². The fourth-order valence-electron chi connectivity index (χ4n) is 4.15. The lowest BCUT2D eigenvalue weighted by Crippen LogP contribution is -2.49. The number of aliphatic hydroxyl groups excluding tert-OH is 1. The fourth-order valence-corrected chi connectivity index (χ4v) is 4.15. The summed E-state index contributed by atoms with van der Waals surface area (Å²) in [5.41, 5.74) is 0.238. The summed E-state index contributed by atoms with van der Waals surface area (Å²) >= 11 is 0. The molecule has 1 aromatic carbocycles. The minimum atomic E-state index is -0.778. The standard InChI is InChI=1S/C23H23FN6O3/c24-16-1-2-20-18(11-16)21(28-23(32)33-20)27-12-17(31)14-29-7-9-30(10-8-29)22-19-13-25-5-3-15(19)4-6-26-22/h1-6,11,13,17,31H,7-10,12,14H2,(H,27,28,32). The van der Waals surface area contributed by atoms with E-state index < -0.39 is 17.7 Å². The molecule has 0 saturated carbocycles. The molecule has 170 valence electrons. The first-order chi connectivity index (χ1) is 16.1. The predicted octanol–water partition coefficient (Wildman–Crippen LogP) is 1.87. The van der Waals surface area contributed by atoms with Crippen LogP contribution in [0.2, 0.25) is 0 Å². The molecule has 1 unspecified atom stereocenters. The third-order valence-corrected chi connectivity index (χ3v) is 5.79. The first-order valence-corrected chi connectivity index (χ1v) is 10.8. The molecule has 1 aliphatic rings. The molecule has 4 aromatic rings. The van der Waals surface area contributed by atoms with Crippen molar-refractivity contribution in [3.63, 3.8) is 0 Å². The Kier molecular flexibility index (Phi) is 5.84. The zero-order valence-corrected chi connectivity index (χ0v) is 17.8. The van der Waals surface area contributed by atoms with Crippen LogP contribution in [0, 0.1) is 5.82 Å². The van der Waals surface area contributed by atoms with Crippen molar-refractivity contribution in [2.75, 3.05) is 49.5 Å². The summed E-state index contributed by atoms with van der Waals surface area (Å²) in [6.07, 6.45) is 4.73. The molecule has 3 aromatic heterocycles. The summed E-state index contributed by atoms with van der Waals surface area (Å²) in [7, 11) is 0. The number of rotatable bonds is 6. The number of fused-ring (bicyclic) bond motifs is 2. The first kappa shape index (κ1) is 21.2. The van der Waals surface area contributed by atoms with Gasteiger partial charge in [0, 0.05) is 63.2 Å². The van der Waals surface area contributed by atoms with Gasteiger partial charge in [-0.05, 0) is 35.7 Å². The molecule has 1 saturated heterocycles. The van der Waals surface area contributed by atoms with Crippen molar-refractivity contribution < 1.29 is 13.9 Å². The number of nitrogens with zero attached hydrogens (tertiary/aromatic N) is 5. The highest BCUT2D eigenvalue weighted by Crippen LogP contribution is 2.24. The monoisotopic (exact) mass is 450 g/mol. The van der Waals surface area contributed by atoms with Crippen LogP contribution in [0.15, 0.2) is 58.1 Å². The Morgan fingerprint density at radius 3 is 2.79 bits per heavy atom. The van der Waals surface area contributed by atoms with E-state index in [4.69, 9.17) is 4.42 Å². The summed E-state index contributed by atoms with van der Waals surface area (Å²) in [5, 5.41) is 16.0. The Morgan fingerprint density at radius 2 is 1.94 bits per heavy atom. The number of anilines is 2. The van der Waals surface area contributed by atoms with Gasteiger partial charge in [0.1, 0.15) is 23.0 Å². The van der Waals surface area contributed by atoms with Crippen LogP contribution in [-0.4, -0.2) is 70.3 Å². The van der Waals surface area contributed by atoms with Crippen LogP contribution < -0.4 is 16.0 Å². The average Bonchev–Trinajstić information content (AvgIpc) is 2.83. The van der Waals surface area contributed by atoms with Gasteiger partial charge in [-0.15, -0.1) is 0 Å². The number of aliphatic hydroxyl groups is 1. The minimum absolute atomic E-state index is 0.166. The summed E-state index contributed by atoms with van der Waals surface area (Å²) < 4.78 is 18.6. The Hall–Kier alpha value is -3.63. The van der Waals surface area contributed by atoms with Crippen molar-refractivity contribution in [1.29, 1.82) is 0 Å². The molecule has 2 N–H and O–H groups in total. The Morgan fingerprint density at radius 1 is 1.12 bits per heavy atom. The minimum Gasteiger partial charge on any atom is -0.408 e. The second-order valence-electron chi connectivity index (χ2n) is 8.02. The second-order valence-corrected chi connectivity index (χ2v) is 8.02. The zero-order valence-electron chi connectivity index (χ0n) is 17.8. The van der Waals surface area contributed by atoms with Crippen molar-refractivity contribution in [2.24, 2.45) is 0 Å². The molecule has 1 fully saturated rings. The molecule has 0 bridgehead atoms. The molecular weight excluding hydrogens is 427 g/mol. The molecule has 0 radical (unpaired) electrons. The summed E-state index contributed by atoms with van der Waals surface area (Å²) in [6, 6.07) is 7.80. The largest absolute Gasteiger partial charge is 0.441 e. The van der Waals surface area contributed by atoms with Gasteiger partial charge in [0.15, 0.2) is 0 Å². The smallest absolute Gasteiger partial charge is 0.408 e. The highest BCUT2D eigenvalue weighted by molar-refractivity contribution is 5.91. The molecule has 1 atom stereocenters. The van der Waals surface area contributed by atoms with Crippen molar-refractivity contribution in [3.05, 3.63) is 65.3 Å². The highest BCUT2D eigenvalue weighted by atomic mass is 19.1. The third-order valence-electron chi connectivity index (χ3n) is 5.79. The molecule has 0 amide bonds. The van der Waals surface area contributed by atoms with Gasteiger partial charge < -0.3 is 19.7 Å². The Balaban J connectivity index is 1.18. The number of halogens is 1. The van der Waals surface area contributed by atoms with Crippen LogP contribution in [0.1, 0.15) is 0 Å². The van der Waals surface area contributed by atoms with Gasteiger partial charge in [0.25, 0.3) is 0 Å². The number of nitrogens with one attached hydrogen (secondary N) is 1. The average molecular weight is 450 g/mol. The van der Waals surface area contributed by atoms with Gasteiger partial charge >= 0.3 is 5.76 Å². The number of aromatic nitrogens is 3. The van der Waals surface area contributed by atoms with E-state index in [0.717, 1.165) is 42.8 Å². The van der Waals surface area contributed by atoms with Crippen LogP contribution in [0.4, 0.5) is 16.0 Å². The lowest BCUT2D eigenvalue weighted by molar-refractivity contribution is 0.118. The first-order valence-electron chi connectivity index (χ1n) is 10.8. The Labute approximate surface area is 188 Å². The van der Waals surface area contributed by atoms with Crippen LogP contribution >= 0.6 is 0 Å². The maximum atomic E-state index is 13.6.